The van der Waals surface area contributed by atoms with Crippen LogP contribution in [0.3, 0.4) is 0 Å². The standard InChI is InChI=1S/C19H26ClF3N2O/c20-16-2-1-15(26-19(21,22)23)13-17(16)25-11-8-18(9-12-25)6-3-14(4-7-18)5-10-24/h1-2,13-14H,3-12,24H2. The van der Waals surface area contributed by atoms with E-state index in [1.165, 1.54) is 43.9 Å². The zero-order chi connectivity index (χ0) is 18.8. The van der Waals surface area contributed by atoms with E-state index in [1.807, 2.05) is 0 Å². The fourth-order valence-electron chi connectivity index (χ4n) is 4.47. The molecule has 0 aromatic heterocycles. The van der Waals surface area contributed by atoms with Crippen molar-refractivity contribution in [3.63, 3.8) is 0 Å². The highest BCUT2D eigenvalue weighted by Gasteiger charge is 2.38. The highest BCUT2D eigenvalue weighted by molar-refractivity contribution is 6.33. The molecule has 3 rings (SSSR count). The number of ether oxygens (including phenoxy) is 1. The number of hydrogen-bond donors (Lipinski definition) is 1. The van der Waals surface area contributed by atoms with Crippen molar-refractivity contribution in [1.29, 1.82) is 0 Å². The van der Waals surface area contributed by atoms with Crippen LogP contribution in [0.25, 0.3) is 0 Å². The lowest BCUT2D eigenvalue weighted by molar-refractivity contribution is -0.274. The van der Waals surface area contributed by atoms with Gasteiger partial charge in [-0.1, -0.05) is 11.6 Å². The largest absolute Gasteiger partial charge is 0.573 e. The van der Waals surface area contributed by atoms with Crippen LogP contribution in [0.15, 0.2) is 18.2 Å². The van der Waals surface area contributed by atoms with Crippen LogP contribution in [0.2, 0.25) is 5.02 Å². The first-order valence-electron chi connectivity index (χ1n) is 9.31. The van der Waals surface area contributed by atoms with E-state index in [0.717, 1.165) is 44.8 Å². The Morgan fingerprint density at radius 2 is 1.81 bits per heavy atom. The van der Waals surface area contributed by atoms with Gasteiger partial charge in [-0.15, -0.1) is 13.2 Å². The molecule has 0 radical (unpaired) electrons. The second kappa shape index (κ2) is 7.85. The van der Waals surface area contributed by atoms with Gasteiger partial charge in [0.15, 0.2) is 0 Å². The van der Waals surface area contributed by atoms with Crippen LogP contribution in [0.1, 0.15) is 44.9 Å². The van der Waals surface area contributed by atoms with Gasteiger partial charge in [0.25, 0.3) is 0 Å². The number of alkyl halides is 3. The number of anilines is 1. The van der Waals surface area contributed by atoms with Crippen LogP contribution < -0.4 is 15.4 Å². The van der Waals surface area contributed by atoms with E-state index in [4.69, 9.17) is 17.3 Å². The predicted octanol–water partition coefficient (Wildman–Crippen LogP) is 5.36. The molecule has 3 nitrogen and oxygen atoms in total. The lowest BCUT2D eigenvalue weighted by Gasteiger charge is -2.46. The summed E-state index contributed by atoms with van der Waals surface area (Å²) >= 11 is 6.24. The molecule has 26 heavy (non-hydrogen) atoms. The Balaban J connectivity index is 1.62. The average Bonchev–Trinajstić information content (AvgIpc) is 2.59. The zero-order valence-electron chi connectivity index (χ0n) is 14.8. The van der Waals surface area contributed by atoms with Crippen LogP contribution in [0, 0.1) is 11.3 Å². The number of halogens is 4. The van der Waals surface area contributed by atoms with Gasteiger partial charge in [-0.3, -0.25) is 0 Å². The fraction of sp³-hybridized carbons (Fsp3) is 0.684. The normalized spacial score (nSPS) is 21.2. The van der Waals surface area contributed by atoms with E-state index in [9.17, 15) is 13.2 Å². The minimum absolute atomic E-state index is 0.223. The van der Waals surface area contributed by atoms with Gasteiger partial charge in [-0.2, -0.15) is 0 Å². The molecule has 2 fully saturated rings. The molecule has 146 valence electrons. The Morgan fingerprint density at radius 1 is 1.15 bits per heavy atom. The van der Waals surface area contributed by atoms with Crippen LogP contribution in [-0.2, 0) is 0 Å². The van der Waals surface area contributed by atoms with Gasteiger partial charge in [-0.25, -0.2) is 0 Å². The summed E-state index contributed by atoms with van der Waals surface area (Å²) in [4.78, 5) is 2.09. The highest BCUT2D eigenvalue weighted by atomic mass is 35.5. The molecule has 0 bridgehead atoms. The van der Waals surface area contributed by atoms with Crippen molar-refractivity contribution in [3.8, 4) is 5.75 Å². The molecule has 1 saturated carbocycles. The van der Waals surface area contributed by atoms with Crippen molar-refractivity contribution in [2.75, 3.05) is 24.5 Å². The molecular formula is C19H26ClF3N2O. The van der Waals surface area contributed by atoms with Gasteiger partial charge in [0.1, 0.15) is 5.75 Å². The summed E-state index contributed by atoms with van der Waals surface area (Å²) in [6.45, 7) is 2.40. The first-order valence-corrected chi connectivity index (χ1v) is 9.68. The van der Waals surface area contributed by atoms with Crippen molar-refractivity contribution in [2.24, 2.45) is 17.1 Å². The molecule has 1 saturated heterocycles. The molecule has 1 aromatic carbocycles. The van der Waals surface area contributed by atoms with E-state index in [2.05, 4.69) is 9.64 Å². The molecule has 2 aliphatic rings. The Bertz CT molecular complexity index is 605. The topological polar surface area (TPSA) is 38.5 Å². The molecule has 1 aliphatic carbocycles. The summed E-state index contributed by atoms with van der Waals surface area (Å²) in [5.41, 5.74) is 6.68. The third-order valence-electron chi connectivity index (χ3n) is 6.06. The van der Waals surface area contributed by atoms with Gasteiger partial charge in [0, 0.05) is 19.2 Å². The van der Waals surface area contributed by atoms with Crippen molar-refractivity contribution < 1.29 is 17.9 Å². The third-order valence-corrected chi connectivity index (χ3v) is 6.38. The minimum atomic E-state index is -4.70. The monoisotopic (exact) mass is 390 g/mol. The maximum atomic E-state index is 12.5. The van der Waals surface area contributed by atoms with E-state index in [0.29, 0.717) is 16.1 Å². The van der Waals surface area contributed by atoms with Gasteiger partial charge in [0.05, 0.1) is 10.7 Å². The van der Waals surface area contributed by atoms with Crippen LogP contribution in [0.5, 0.6) is 5.75 Å². The molecular weight excluding hydrogens is 365 g/mol. The van der Waals surface area contributed by atoms with Crippen molar-refractivity contribution in [3.05, 3.63) is 23.2 Å². The lowest BCUT2D eigenvalue weighted by Crippen LogP contribution is -2.42. The summed E-state index contributed by atoms with van der Waals surface area (Å²) in [5.74, 6) is 0.536. The van der Waals surface area contributed by atoms with Gasteiger partial charge in [0.2, 0.25) is 0 Å². The first kappa shape index (κ1) is 19.6. The number of piperidine rings is 1. The average molecular weight is 391 g/mol. The van der Waals surface area contributed by atoms with Crippen LogP contribution in [-0.4, -0.2) is 26.0 Å². The van der Waals surface area contributed by atoms with Crippen molar-refractivity contribution >= 4 is 17.3 Å². The molecule has 1 spiro atoms. The van der Waals surface area contributed by atoms with Crippen LogP contribution >= 0.6 is 11.6 Å². The van der Waals surface area contributed by atoms with E-state index >= 15 is 0 Å². The quantitative estimate of drug-likeness (QED) is 0.751. The van der Waals surface area contributed by atoms with E-state index < -0.39 is 6.36 Å². The SMILES string of the molecule is NCCC1CCC2(CC1)CCN(c1cc(OC(F)(F)F)ccc1Cl)CC2. The smallest absolute Gasteiger partial charge is 0.406 e. The molecule has 0 unspecified atom stereocenters. The summed E-state index contributed by atoms with van der Waals surface area (Å²) < 4.78 is 41.4. The second-order valence-electron chi connectivity index (χ2n) is 7.67. The maximum absolute atomic E-state index is 12.5. The van der Waals surface area contributed by atoms with Gasteiger partial charge < -0.3 is 15.4 Å². The molecule has 1 heterocycles. The highest BCUT2D eigenvalue weighted by Crippen LogP contribution is 2.48. The molecule has 2 N–H and O–H groups in total. The summed E-state index contributed by atoms with van der Waals surface area (Å²) in [7, 11) is 0. The van der Waals surface area contributed by atoms with E-state index in [1.54, 1.807) is 0 Å². The molecule has 1 aliphatic heterocycles. The molecule has 1 aromatic rings. The van der Waals surface area contributed by atoms with E-state index in [-0.39, 0.29) is 5.75 Å². The summed E-state index contributed by atoms with van der Waals surface area (Å²) in [6.07, 6.45) is 3.49. The number of nitrogens with zero attached hydrogens (tertiary/aromatic N) is 1. The summed E-state index contributed by atoms with van der Waals surface area (Å²) in [6, 6.07) is 4.12. The number of hydrogen-bond acceptors (Lipinski definition) is 3. The van der Waals surface area contributed by atoms with Crippen LogP contribution in [0.4, 0.5) is 18.9 Å². The van der Waals surface area contributed by atoms with Gasteiger partial charge >= 0.3 is 6.36 Å². The molecule has 0 amide bonds. The van der Waals surface area contributed by atoms with Crippen molar-refractivity contribution in [1.82, 2.24) is 0 Å². The predicted molar refractivity (Wildman–Crippen MR) is 97.6 cm³/mol. The Labute approximate surface area is 157 Å². The lowest BCUT2D eigenvalue weighted by atomic mass is 9.65. The first-order chi connectivity index (χ1) is 12.3. The van der Waals surface area contributed by atoms with Crippen molar-refractivity contribution in [2.45, 2.75) is 51.3 Å². The Kier molecular flexibility index (Phi) is 5.92. The number of rotatable bonds is 4. The maximum Gasteiger partial charge on any atom is 0.573 e. The fourth-order valence-corrected chi connectivity index (χ4v) is 4.71. The zero-order valence-corrected chi connectivity index (χ0v) is 15.6. The Hall–Kier alpha value is -1.14. The Morgan fingerprint density at radius 3 is 2.38 bits per heavy atom. The number of nitrogens with two attached hydrogens (primary N) is 1. The molecule has 7 heteroatoms. The van der Waals surface area contributed by atoms with Gasteiger partial charge in [-0.05, 0) is 75.0 Å². The molecule has 0 atom stereocenters. The summed E-state index contributed by atoms with van der Waals surface area (Å²) in [5, 5.41) is 0.460. The third kappa shape index (κ3) is 4.77. The minimum Gasteiger partial charge on any atom is -0.406 e. The second-order valence-corrected chi connectivity index (χ2v) is 8.08. The number of benzene rings is 1.